The van der Waals surface area contributed by atoms with Crippen LogP contribution < -0.4 is 0 Å². The number of ether oxygens (including phenoxy) is 1. The Labute approximate surface area is 179 Å². The van der Waals surface area contributed by atoms with Crippen LogP contribution in [0.5, 0.6) is 0 Å². The van der Waals surface area contributed by atoms with Crippen molar-refractivity contribution in [1.82, 2.24) is 9.80 Å². The summed E-state index contributed by atoms with van der Waals surface area (Å²) in [7, 11) is 1.55. The molecule has 29 heavy (non-hydrogen) atoms. The van der Waals surface area contributed by atoms with Crippen molar-refractivity contribution < 1.29 is 14.3 Å². The quantitative estimate of drug-likeness (QED) is 0.729. The van der Waals surface area contributed by atoms with Gasteiger partial charge in [-0.05, 0) is 42.2 Å². The van der Waals surface area contributed by atoms with Gasteiger partial charge in [0.1, 0.15) is 12.0 Å². The third-order valence-corrected chi connectivity index (χ3v) is 7.39. The van der Waals surface area contributed by atoms with Crippen LogP contribution in [0.25, 0.3) is 0 Å². The first-order chi connectivity index (χ1) is 13.7. The van der Waals surface area contributed by atoms with Crippen LogP contribution in [0.1, 0.15) is 57.0 Å². The molecule has 0 N–H and O–H groups in total. The number of methoxy groups -OCH3 is 1. The van der Waals surface area contributed by atoms with Gasteiger partial charge in [-0.15, -0.1) is 11.8 Å². The van der Waals surface area contributed by atoms with Gasteiger partial charge in [-0.2, -0.15) is 0 Å². The summed E-state index contributed by atoms with van der Waals surface area (Å²) < 4.78 is 4.96. The first-order valence-corrected chi connectivity index (χ1v) is 11.5. The van der Waals surface area contributed by atoms with E-state index in [4.69, 9.17) is 4.74 Å². The van der Waals surface area contributed by atoms with Crippen LogP contribution in [0.3, 0.4) is 0 Å². The number of hydrogen-bond donors (Lipinski definition) is 0. The monoisotopic (exact) mass is 418 g/mol. The van der Waals surface area contributed by atoms with Crippen LogP contribution >= 0.6 is 11.8 Å². The van der Waals surface area contributed by atoms with E-state index in [1.807, 2.05) is 11.8 Å². The predicted molar refractivity (Wildman–Crippen MR) is 118 cm³/mol. The van der Waals surface area contributed by atoms with Gasteiger partial charge in [-0.25, -0.2) is 0 Å². The van der Waals surface area contributed by atoms with E-state index in [0.29, 0.717) is 5.92 Å². The molecule has 2 aliphatic rings. The summed E-state index contributed by atoms with van der Waals surface area (Å²) >= 11 is 1.74. The highest BCUT2D eigenvalue weighted by atomic mass is 32.2. The Kier molecular flexibility index (Phi) is 6.94. The van der Waals surface area contributed by atoms with Crippen LogP contribution in [0.4, 0.5) is 0 Å². The van der Waals surface area contributed by atoms with Crippen LogP contribution in [-0.2, 0) is 19.7 Å². The van der Waals surface area contributed by atoms with E-state index in [1.54, 1.807) is 18.9 Å². The second-order valence-electron chi connectivity index (χ2n) is 9.25. The molecule has 1 aromatic rings. The second kappa shape index (κ2) is 9.09. The fourth-order valence-electron chi connectivity index (χ4n) is 4.12. The molecule has 0 bridgehead atoms. The van der Waals surface area contributed by atoms with Crippen molar-refractivity contribution in [2.45, 2.75) is 56.6 Å². The van der Waals surface area contributed by atoms with E-state index in [1.165, 1.54) is 11.1 Å². The van der Waals surface area contributed by atoms with Crippen LogP contribution in [-0.4, -0.2) is 60.2 Å². The van der Waals surface area contributed by atoms with E-state index in [9.17, 15) is 9.59 Å². The average molecular weight is 419 g/mol. The minimum absolute atomic E-state index is 0.00865. The third-order valence-electron chi connectivity index (χ3n) is 6.00. The van der Waals surface area contributed by atoms with Gasteiger partial charge in [0.05, 0.1) is 5.25 Å². The summed E-state index contributed by atoms with van der Waals surface area (Å²) in [6, 6.07) is 8.76. The molecule has 0 saturated carbocycles. The number of benzene rings is 1. The van der Waals surface area contributed by atoms with Crippen molar-refractivity contribution in [3.05, 3.63) is 35.4 Å². The van der Waals surface area contributed by atoms with E-state index in [-0.39, 0.29) is 34.5 Å². The van der Waals surface area contributed by atoms with Crippen molar-refractivity contribution in [2.75, 3.05) is 33.4 Å². The molecule has 2 fully saturated rings. The van der Waals surface area contributed by atoms with Gasteiger partial charge in [-0.1, -0.05) is 45.0 Å². The van der Waals surface area contributed by atoms with Crippen LogP contribution in [0.15, 0.2) is 24.3 Å². The first-order valence-electron chi connectivity index (χ1n) is 10.5. The lowest BCUT2D eigenvalue weighted by atomic mass is 9.86. The molecule has 2 atom stereocenters. The van der Waals surface area contributed by atoms with E-state index >= 15 is 0 Å². The number of hydrogen-bond acceptors (Lipinski definition) is 4. The van der Waals surface area contributed by atoms with E-state index < -0.39 is 0 Å². The fraction of sp³-hybridized carbons (Fsp3) is 0.652. The molecule has 0 aromatic heterocycles. The Bertz CT molecular complexity index is 721. The largest absolute Gasteiger partial charge is 0.375 e. The Morgan fingerprint density at radius 2 is 1.79 bits per heavy atom. The second-order valence-corrected chi connectivity index (χ2v) is 10.7. The molecule has 6 heteroatoms. The zero-order chi connectivity index (χ0) is 21.2. The molecule has 0 aliphatic carbocycles. The Balaban J connectivity index is 1.66. The number of amides is 2. The molecule has 5 nitrogen and oxygen atoms in total. The molecule has 160 valence electrons. The average Bonchev–Trinajstić information content (AvgIpc) is 2.96. The van der Waals surface area contributed by atoms with Crippen molar-refractivity contribution >= 4 is 23.6 Å². The van der Waals surface area contributed by atoms with Gasteiger partial charge in [0.15, 0.2) is 0 Å². The molecule has 2 amide bonds. The predicted octanol–water partition coefficient (Wildman–Crippen LogP) is 3.83. The lowest BCUT2D eigenvalue weighted by Crippen LogP contribution is -2.43. The molecule has 2 saturated heterocycles. The van der Waals surface area contributed by atoms with E-state index in [0.717, 1.165) is 32.5 Å². The highest BCUT2D eigenvalue weighted by molar-refractivity contribution is 8.01. The summed E-state index contributed by atoms with van der Waals surface area (Å²) in [5, 5.41) is 0.0744. The summed E-state index contributed by atoms with van der Waals surface area (Å²) in [4.78, 5) is 28.8. The summed E-state index contributed by atoms with van der Waals surface area (Å²) in [6.45, 7) is 11.1. The molecule has 0 unspecified atom stereocenters. The Hall–Kier alpha value is -1.53. The maximum atomic E-state index is 12.9. The summed E-state index contributed by atoms with van der Waals surface area (Å²) in [5.74, 6) is 0.731. The van der Waals surface area contributed by atoms with Gasteiger partial charge >= 0.3 is 0 Å². The summed E-state index contributed by atoms with van der Waals surface area (Å²) in [6.07, 6.45) is 1.88. The van der Waals surface area contributed by atoms with Crippen molar-refractivity contribution in [3.8, 4) is 0 Å². The number of thioether (sulfide) groups is 1. The number of carbonyl (C=O) groups is 2. The maximum absolute atomic E-state index is 12.9. The van der Waals surface area contributed by atoms with Gasteiger partial charge in [0, 0.05) is 26.7 Å². The van der Waals surface area contributed by atoms with Crippen molar-refractivity contribution in [3.63, 3.8) is 0 Å². The summed E-state index contributed by atoms with van der Waals surface area (Å²) in [5.41, 5.74) is 2.63. The standard InChI is InChI=1S/C23H34N2O3S/c1-16-21(27)25(14-17-10-12-24(13-11-17)20(26)15-28-5)22(29-16)18-6-8-19(9-7-18)23(2,3)4/h6-9,16-17,22H,10-15H2,1-5H3/t16-,22+/m0/s1. The maximum Gasteiger partial charge on any atom is 0.248 e. The highest BCUT2D eigenvalue weighted by Crippen LogP contribution is 2.44. The molecular weight excluding hydrogens is 384 g/mol. The number of rotatable bonds is 5. The van der Waals surface area contributed by atoms with Crippen molar-refractivity contribution in [1.29, 1.82) is 0 Å². The number of carbonyl (C=O) groups excluding carboxylic acids is 2. The smallest absolute Gasteiger partial charge is 0.248 e. The van der Waals surface area contributed by atoms with Gasteiger partial charge in [0.2, 0.25) is 11.8 Å². The lowest BCUT2D eigenvalue weighted by molar-refractivity contribution is -0.137. The topological polar surface area (TPSA) is 49.9 Å². The molecule has 2 aliphatic heterocycles. The van der Waals surface area contributed by atoms with Crippen LogP contribution in [0, 0.1) is 5.92 Å². The first kappa shape index (κ1) is 22.2. The van der Waals surface area contributed by atoms with Gasteiger partial charge in [0.25, 0.3) is 0 Å². The number of piperidine rings is 1. The molecule has 2 heterocycles. The van der Waals surface area contributed by atoms with Gasteiger partial charge < -0.3 is 14.5 Å². The zero-order valence-corrected chi connectivity index (χ0v) is 19.1. The number of likely N-dealkylation sites (tertiary alicyclic amines) is 1. The van der Waals surface area contributed by atoms with E-state index in [2.05, 4.69) is 49.9 Å². The molecule has 1 aromatic carbocycles. The molecular formula is C23H34N2O3S. The Morgan fingerprint density at radius 3 is 2.34 bits per heavy atom. The molecule has 0 spiro atoms. The fourth-order valence-corrected chi connectivity index (χ4v) is 5.41. The molecule has 0 radical (unpaired) electrons. The highest BCUT2D eigenvalue weighted by Gasteiger charge is 2.40. The third kappa shape index (κ3) is 5.15. The molecule has 3 rings (SSSR count). The minimum Gasteiger partial charge on any atom is -0.375 e. The SMILES string of the molecule is COCC(=O)N1CCC(CN2C(=O)[C@H](C)S[C@@H]2c2ccc(C(C)(C)C)cc2)CC1. The lowest BCUT2D eigenvalue weighted by Gasteiger charge is -2.35. The number of nitrogens with zero attached hydrogens (tertiary/aromatic N) is 2. The van der Waals surface area contributed by atoms with Gasteiger partial charge in [-0.3, -0.25) is 9.59 Å². The van der Waals surface area contributed by atoms with Crippen LogP contribution in [0.2, 0.25) is 0 Å². The minimum atomic E-state index is -0.00865. The van der Waals surface area contributed by atoms with Crippen molar-refractivity contribution in [2.24, 2.45) is 5.92 Å². The Morgan fingerprint density at radius 1 is 1.17 bits per heavy atom. The normalized spacial score (nSPS) is 23.7. The zero-order valence-electron chi connectivity index (χ0n) is 18.3.